The minimum absolute atomic E-state index is 0.704. The van der Waals surface area contributed by atoms with Crippen molar-refractivity contribution in [1.29, 1.82) is 0 Å². The fourth-order valence-corrected chi connectivity index (χ4v) is 3.25. The van der Waals surface area contributed by atoms with Crippen molar-refractivity contribution >= 4 is 0 Å². The summed E-state index contributed by atoms with van der Waals surface area (Å²) in [6.45, 7) is 6.69. The summed E-state index contributed by atoms with van der Waals surface area (Å²) >= 11 is 0. The third kappa shape index (κ3) is 2.13. The van der Waals surface area contributed by atoms with Crippen LogP contribution in [0.5, 0.6) is 0 Å². The van der Waals surface area contributed by atoms with E-state index in [9.17, 15) is 0 Å². The molecule has 0 aromatic carbocycles. The largest absolute Gasteiger partial charge is 0.380 e. The molecule has 3 nitrogen and oxygen atoms in total. The number of nitrogens with one attached hydrogen (secondary N) is 1. The summed E-state index contributed by atoms with van der Waals surface area (Å²) in [7, 11) is 0. The monoisotopic (exact) mass is 224 g/mol. The summed E-state index contributed by atoms with van der Waals surface area (Å²) < 4.78 is 5.57. The van der Waals surface area contributed by atoms with Gasteiger partial charge in [0.1, 0.15) is 0 Å². The van der Waals surface area contributed by atoms with E-state index in [1.165, 1.54) is 38.8 Å². The maximum atomic E-state index is 5.57. The van der Waals surface area contributed by atoms with E-state index in [-0.39, 0.29) is 0 Å². The highest BCUT2D eigenvalue weighted by Crippen LogP contribution is 2.37. The molecule has 16 heavy (non-hydrogen) atoms. The van der Waals surface area contributed by atoms with E-state index in [0.717, 1.165) is 25.2 Å². The number of ether oxygens (including phenoxy) is 1. The molecule has 2 aliphatic heterocycles. The van der Waals surface area contributed by atoms with Gasteiger partial charge in [0.05, 0.1) is 6.61 Å². The number of nitrogens with zero attached hydrogens (tertiary/aromatic N) is 1. The van der Waals surface area contributed by atoms with Crippen LogP contribution in [-0.4, -0.2) is 49.3 Å². The first-order valence-corrected chi connectivity index (χ1v) is 6.95. The van der Waals surface area contributed by atoms with E-state index in [1.807, 2.05) is 0 Å². The Labute approximate surface area is 98.5 Å². The van der Waals surface area contributed by atoms with Gasteiger partial charge in [0.15, 0.2) is 0 Å². The molecule has 3 unspecified atom stereocenters. The molecule has 0 aromatic rings. The summed E-state index contributed by atoms with van der Waals surface area (Å²) in [6.07, 6.45) is 5.40. The predicted molar refractivity (Wildman–Crippen MR) is 64.5 cm³/mol. The van der Waals surface area contributed by atoms with Crippen molar-refractivity contribution in [2.24, 2.45) is 5.92 Å². The lowest BCUT2D eigenvalue weighted by molar-refractivity contribution is 0.0587. The molecule has 0 spiro atoms. The van der Waals surface area contributed by atoms with E-state index < -0.39 is 0 Å². The second-order valence-corrected chi connectivity index (χ2v) is 5.63. The van der Waals surface area contributed by atoms with E-state index in [2.05, 4.69) is 17.1 Å². The van der Waals surface area contributed by atoms with E-state index in [4.69, 9.17) is 4.74 Å². The number of hydrogen-bond acceptors (Lipinski definition) is 3. The lowest BCUT2D eigenvalue weighted by Crippen LogP contribution is -2.60. The molecule has 3 rings (SSSR count). The summed E-state index contributed by atoms with van der Waals surface area (Å²) in [5, 5.41) is 3.71. The van der Waals surface area contributed by atoms with Crippen LogP contribution in [-0.2, 0) is 4.74 Å². The maximum Gasteiger partial charge on any atom is 0.0622 e. The molecule has 0 aromatic heterocycles. The molecule has 1 saturated carbocycles. The minimum atomic E-state index is 0.704. The Hall–Kier alpha value is -0.120. The van der Waals surface area contributed by atoms with Gasteiger partial charge in [0.25, 0.3) is 0 Å². The molecule has 1 aliphatic carbocycles. The van der Waals surface area contributed by atoms with Crippen molar-refractivity contribution in [2.75, 3.05) is 26.3 Å². The first-order chi connectivity index (χ1) is 7.88. The Bertz CT molecular complexity index is 236. The van der Waals surface area contributed by atoms with Crippen molar-refractivity contribution < 1.29 is 4.74 Å². The number of piperazine rings is 1. The van der Waals surface area contributed by atoms with Crippen molar-refractivity contribution in [3.8, 4) is 0 Å². The highest BCUT2D eigenvalue weighted by molar-refractivity contribution is 4.97. The molecule has 0 amide bonds. The van der Waals surface area contributed by atoms with Gasteiger partial charge in [-0.15, -0.1) is 0 Å². The zero-order chi connectivity index (χ0) is 11.0. The zero-order valence-corrected chi connectivity index (χ0v) is 10.3. The SMILES string of the molecule is CCC1CN(C2CCOC2)C(C2CC2)CN1. The second-order valence-electron chi connectivity index (χ2n) is 5.63. The van der Waals surface area contributed by atoms with Crippen LogP contribution in [0.1, 0.15) is 32.6 Å². The second kappa shape index (κ2) is 4.63. The molecule has 3 atom stereocenters. The van der Waals surface area contributed by atoms with Crippen LogP contribution in [0, 0.1) is 5.92 Å². The van der Waals surface area contributed by atoms with Crippen molar-refractivity contribution in [3.63, 3.8) is 0 Å². The number of hydrogen-bond donors (Lipinski definition) is 1. The molecule has 3 aliphatic rings. The van der Waals surface area contributed by atoms with Gasteiger partial charge in [0.2, 0.25) is 0 Å². The first kappa shape index (κ1) is 11.0. The standard InChI is InChI=1S/C13H24N2O/c1-2-11-8-15(12-5-6-16-9-12)13(7-14-11)10-3-4-10/h10-14H,2-9H2,1H3. The van der Waals surface area contributed by atoms with Gasteiger partial charge in [0, 0.05) is 37.8 Å². The Morgan fingerprint density at radius 1 is 1.31 bits per heavy atom. The predicted octanol–water partition coefficient (Wildman–Crippen LogP) is 1.24. The van der Waals surface area contributed by atoms with E-state index in [1.54, 1.807) is 0 Å². The van der Waals surface area contributed by atoms with Crippen LogP contribution < -0.4 is 5.32 Å². The summed E-state index contributed by atoms with van der Waals surface area (Å²) in [5.74, 6) is 0.978. The van der Waals surface area contributed by atoms with Crippen LogP contribution in [0.3, 0.4) is 0 Å². The number of rotatable bonds is 3. The molecule has 1 N–H and O–H groups in total. The Morgan fingerprint density at radius 3 is 2.81 bits per heavy atom. The van der Waals surface area contributed by atoms with Gasteiger partial charge in [-0.2, -0.15) is 0 Å². The summed E-state index contributed by atoms with van der Waals surface area (Å²) in [4.78, 5) is 2.77. The van der Waals surface area contributed by atoms with Gasteiger partial charge in [-0.05, 0) is 31.6 Å². The van der Waals surface area contributed by atoms with Gasteiger partial charge in [-0.3, -0.25) is 4.90 Å². The van der Waals surface area contributed by atoms with Crippen molar-refractivity contribution in [1.82, 2.24) is 10.2 Å². The normalized spacial score (nSPS) is 41.4. The molecule has 3 heteroatoms. The lowest BCUT2D eigenvalue weighted by Gasteiger charge is -2.43. The quantitative estimate of drug-likeness (QED) is 0.780. The third-order valence-corrected chi connectivity index (χ3v) is 4.51. The van der Waals surface area contributed by atoms with Crippen LogP contribution >= 0.6 is 0 Å². The van der Waals surface area contributed by atoms with Gasteiger partial charge in [-0.25, -0.2) is 0 Å². The Kier molecular flexibility index (Phi) is 3.18. The summed E-state index contributed by atoms with van der Waals surface area (Å²) in [6, 6.07) is 2.21. The molecule has 2 saturated heterocycles. The van der Waals surface area contributed by atoms with Crippen LogP contribution in [0.15, 0.2) is 0 Å². The maximum absolute atomic E-state index is 5.57. The van der Waals surface area contributed by atoms with Crippen molar-refractivity contribution in [2.45, 2.75) is 50.7 Å². The third-order valence-electron chi connectivity index (χ3n) is 4.51. The Morgan fingerprint density at radius 2 is 2.19 bits per heavy atom. The van der Waals surface area contributed by atoms with Gasteiger partial charge < -0.3 is 10.1 Å². The van der Waals surface area contributed by atoms with Crippen LogP contribution in [0.4, 0.5) is 0 Å². The molecule has 92 valence electrons. The summed E-state index contributed by atoms with van der Waals surface area (Å²) in [5.41, 5.74) is 0. The van der Waals surface area contributed by atoms with Gasteiger partial charge in [-0.1, -0.05) is 6.92 Å². The smallest absolute Gasteiger partial charge is 0.0622 e. The minimum Gasteiger partial charge on any atom is -0.380 e. The molecular weight excluding hydrogens is 200 g/mol. The lowest BCUT2D eigenvalue weighted by atomic mass is 10.0. The highest BCUT2D eigenvalue weighted by Gasteiger charge is 2.41. The Balaban J connectivity index is 1.67. The molecule has 2 heterocycles. The zero-order valence-electron chi connectivity index (χ0n) is 10.3. The molecule has 0 bridgehead atoms. The molecule has 3 fully saturated rings. The van der Waals surface area contributed by atoms with Crippen LogP contribution in [0.25, 0.3) is 0 Å². The fourth-order valence-electron chi connectivity index (χ4n) is 3.25. The average Bonchev–Trinajstić information content (AvgIpc) is 3.03. The average molecular weight is 224 g/mol. The fraction of sp³-hybridized carbons (Fsp3) is 1.00. The van der Waals surface area contributed by atoms with E-state index in [0.29, 0.717) is 12.1 Å². The van der Waals surface area contributed by atoms with Crippen molar-refractivity contribution in [3.05, 3.63) is 0 Å². The van der Waals surface area contributed by atoms with E-state index >= 15 is 0 Å². The highest BCUT2D eigenvalue weighted by atomic mass is 16.5. The van der Waals surface area contributed by atoms with Gasteiger partial charge >= 0.3 is 0 Å². The topological polar surface area (TPSA) is 24.5 Å². The molecule has 0 radical (unpaired) electrons. The van der Waals surface area contributed by atoms with Crippen LogP contribution in [0.2, 0.25) is 0 Å². The molecular formula is C13H24N2O. The first-order valence-electron chi connectivity index (χ1n) is 6.95.